The third-order valence-corrected chi connectivity index (χ3v) is 15.4. The molecule has 0 saturated carbocycles. The van der Waals surface area contributed by atoms with Crippen molar-refractivity contribution in [3.05, 3.63) is 291 Å². The Morgan fingerprint density at radius 3 is 0.872 bits per heavy atom. The van der Waals surface area contributed by atoms with Crippen LogP contribution < -0.4 is 9.80 Å². The summed E-state index contributed by atoms with van der Waals surface area (Å²) in [6.07, 6.45) is 0. The first kappa shape index (κ1) is 45.0. The molecular formula is C74H48N2O2. The molecule has 0 aliphatic rings. The van der Waals surface area contributed by atoms with E-state index in [9.17, 15) is 0 Å². The molecule has 0 aliphatic heterocycles. The van der Waals surface area contributed by atoms with Crippen molar-refractivity contribution >= 4 is 99.5 Å². The van der Waals surface area contributed by atoms with Crippen molar-refractivity contribution in [3.8, 4) is 44.5 Å². The van der Waals surface area contributed by atoms with Crippen molar-refractivity contribution in [2.24, 2.45) is 0 Å². The molecule has 13 aromatic carbocycles. The summed E-state index contributed by atoms with van der Waals surface area (Å²) in [6, 6.07) is 105. The number of benzene rings is 13. The van der Waals surface area contributed by atoms with Crippen molar-refractivity contribution in [2.75, 3.05) is 9.80 Å². The summed E-state index contributed by atoms with van der Waals surface area (Å²) in [6.45, 7) is 0. The van der Waals surface area contributed by atoms with Gasteiger partial charge >= 0.3 is 0 Å². The lowest BCUT2D eigenvalue weighted by molar-refractivity contribution is 0.668. The second-order valence-corrected chi connectivity index (χ2v) is 20.0. The van der Waals surface area contributed by atoms with Crippen molar-refractivity contribution < 1.29 is 8.83 Å². The Labute approximate surface area is 451 Å². The Kier molecular flexibility index (Phi) is 10.8. The zero-order valence-corrected chi connectivity index (χ0v) is 42.4. The van der Waals surface area contributed by atoms with Crippen LogP contribution in [0.2, 0.25) is 0 Å². The molecule has 0 N–H and O–H groups in total. The number of rotatable bonds is 10. The second kappa shape index (κ2) is 18.7. The Morgan fingerprint density at radius 2 is 0.474 bits per heavy atom. The Morgan fingerprint density at radius 1 is 0.179 bits per heavy atom. The van der Waals surface area contributed by atoms with Crippen LogP contribution in [0.4, 0.5) is 34.1 Å². The molecule has 78 heavy (non-hydrogen) atoms. The highest BCUT2D eigenvalue weighted by molar-refractivity contribution is 6.23. The topological polar surface area (TPSA) is 32.8 Å². The summed E-state index contributed by atoms with van der Waals surface area (Å²) in [5.74, 6) is 0. The van der Waals surface area contributed by atoms with Crippen LogP contribution in [0.15, 0.2) is 300 Å². The number of hydrogen-bond donors (Lipinski definition) is 0. The molecule has 2 heterocycles. The minimum absolute atomic E-state index is 0.847. The van der Waals surface area contributed by atoms with E-state index in [1.54, 1.807) is 0 Å². The van der Waals surface area contributed by atoms with Crippen LogP contribution in [0.25, 0.3) is 110 Å². The molecule has 0 atom stereocenters. The highest BCUT2D eigenvalue weighted by Crippen LogP contribution is 2.49. The van der Waals surface area contributed by atoms with Gasteiger partial charge in [0, 0.05) is 67.8 Å². The smallest absolute Gasteiger partial charge is 0.137 e. The monoisotopic (exact) mass is 996 g/mol. The van der Waals surface area contributed by atoms with E-state index in [0.717, 1.165) is 122 Å². The number of fused-ring (bicyclic) bond motifs is 8. The van der Waals surface area contributed by atoms with Crippen molar-refractivity contribution in [2.45, 2.75) is 0 Å². The van der Waals surface area contributed by atoms with Gasteiger partial charge in [-0.25, -0.2) is 0 Å². The van der Waals surface area contributed by atoms with Gasteiger partial charge in [0.1, 0.15) is 22.3 Å². The normalized spacial score (nSPS) is 11.6. The predicted molar refractivity (Wildman–Crippen MR) is 327 cm³/mol. The molecule has 0 spiro atoms. The molecule has 4 nitrogen and oxygen atoms in total. The Balaban J connectivity index is 1.00. The fourth-order valence-electron chi connectivity index (χ4n) is 11.8. The second-order valence-electron chi connectivity index (χ2n) is 20.0. The van der Waals surface area contributed by atoms with Gasteiger partial charge in [-0.3, -0.25) is 0 Å². The summed E-state index contributed by atoms with van der Waals surface area (Å²) in [5, 5.41) is 8.98. The van der Waals surface area contributed by atoms with Gasteiger partial charge in [0.05, 0.1) is 0 Å². The quantitative estimate of drug-likeness (QED) is 0.128. The molecule has 0 unspecified atom stereocenters. The first-order valence-electron chi connectivity index (χ1n) is 26.6. The van der Waals surface area contributed by atoms with Gasteiger partial charge in [-0.05, 0) is 151 Å². The standard InChI is InChI=1S/C74H48N2O2/c1-5-17-49(18-6-1)51-29-33-53(34-30-51)73-65-43-39-58(76(56-23-11-4-12-24-56)60-38-42-64-62-26-14-16-28-70(62)78-72(64)48-60)46-68(65)74(54-35-31-52(32-36-54)50-19-7-2-8-20-50)66-44-40-57(45-67(66)73)75(55-21-9-3-10-22-55)59-37-41-63-61-25-13-15-27-69(61)77-71(63)47-59/h1-48H. The highest BCUT2D eigenvalue weighted by Gasteiger charge is 2.24. The van der Waals surface area contributed by atoms with Crippen LogP contribution in [0.1, 0.15) is 0 Å². The van der Waals surface area contributed by atoms with Gasteiger partial charge < -0.3 is 18.6 Å². The highest BCUT2D eigenvalue weighted by atomic mass is 16.3. The SMILES string of the molecule is c1ccc(-c2ccc(-c3c4ccc(N(c5ccccc5)c5ccc6c(c5)oc5ccccc56)cc4c(-c4ccc(-c5ccccc5)cc4)c4ccc(N(c5ccccc5)c5ccc6c(c5)oc5ccccc56)cc34)cc2)cc1. The van der Waals surface area contributed by atoms with Gasteiger partial charge in [-0.15, -0.1) is 0 Å². The molecule has 15 rings (SSSR count). The van der Waals surface area contributed by atoms with E-state index in [0.29, 0.717) is 0 Å². The van der Waals surface area contributed by atoms with Crippen LogP contribution in [0.3, 0.4) is 0 Å². The van der Waals surface area contributed by atoms with Crippen molar-refractivity contribution in [3.63, 3.8) is 0 Å². The Bertz CT molecular complexity index is 4400. The van der Waals surface area contributed by atoms with E-state index >= 15 is 0 Å². The molecule has 0 radical (unpaired) electrons. The van der Waals surface area contributed by atoms with Crippen LogP contribution in [0.5, 0.6) is 0 Å². The van der Waals surface area contributed by atoms with E-state index in [-0.39, 0.29) is 0 Å². The first-order chi connectivity index (χ1) is 38.7. The van der Waals surface area contributed by atoms with Crippen molar-refractivity contribution in [1.82, 2.24) is 0 Å². The molecule has 2 aromatic heterocycles. The molecule has 0 amide bonds. The summed E-state index contributed by atoms with van der Waals surface area (Å²) < 4.78 is 13.1. The zero-order chi connectivity index (χ0) is 51.5. The van der Waals surface area contributed by atoms with Gasteiger partial charge in [-0.2, -0.15) is 0 Å². The molecule has 366 valence electrons. The molecule has 4 heteroatoms. The van der Waals surface area contributed by atoms with Crippen LogP contribution in [-0.4, -0.2) is 0 Å². The maximum absolute atomic E-state index is 6.53. The van der Waals surface area contributed by atoms with E-state index in [4.69, 9.17) is 8.83 Å². The lowest BCUT2D eigenvalue weighted by Crippen LogP contribution is -2.10. The van der Waals surface area contributed by atoms with Gasteiger partial charge in [-0.1, -0.05) is 194 Å². The number of hydrogen-bond acceptors (Lipinski definition) is 4. The summed E-state index contributed by atoms with van der Waals surface area (Å²) in [5.41, 5.74) is 18.9. The third-order valence-electron chi connectivity index (χ3n) is 15.4. The number of anilines is 6. The minimum Gasteiger partial charge on any atom is -0.456 e. The fourth-order valence-corrected chi connectivity index (χ4v) is 11.8. The maximum Gasteiger partial charge on any atom is 0.137 e. The molecule has 0 aliphatic carbocycles. The van der Waals surface area contributed by atoms with E-state index in [2.05, 4.69) is 277 Å². The first-order valence-corrected chi connectivity index (χ1v) is 26.6. The Hall–Kier alpha value is -10.4. The molecule has 15 aromatic rings. The summed E-state index contributed by atoms with van der Waals surface area (Å²) in [4.78, 5) is 4.71. The minimum atomic E-state index is 0.847. The molecule has 0 saturated heterocycles. The lowest BCUT2D eigenvalue weighted by Gasteiger charge is -2.28. The zero-order valence-electron chi connectivity index (χ0n) is 42.4. The van der Waals surface area contributed by atoms with Crippen LogP contribution in [0, 0.1) is 0 Å². The molecule has 0 fully saturated rings. The third kappa shape index (κ3) is 7.77. The van der Waals surface area contributed by atoms with E-state index < -0.39 is 0 Å². The van der Waals surface area contributed by atoms with Gasteiger partial charge in [0.25, 0.3) is 0 Å². The lowest BCUT2D eigenvalue weighted by atomic mass is 9.84. The van der Waals surface area contributed by atoms with Crippen LogP contribution >= 0.6 is 0 Å². The number of para-hydroxylation sites is 4. The molecule has 0 bridgehead atoms. The maximum atomic E-state index is 6.53. The number of furan rings is 2. The fraction of sp³-hybridized carbons (Fsp3) is 0. The van der Waals surface area contributed by atoms with E-state index in [1.807, 2.05) is 24.3 Å². The molecular weight excluding hydrogens is 949 g/mol. The average Bonchev–Trinajstić information content (AvgIpc) is 4.20. The predicted octanol–water partition coefficient (Wildman–Crippen LogP) is 21.4. The van der Waals surface area contributed by atoms with E-state index in [1.165, 1.54) is 22.3 Å². The number of nitrogens with zero attached hydrogens (tertiary/aromatic N) is 2. The van der Waals surface area contributed by atoms with Gasteiger partial charge in [0.15, 0.2) is 0 Å². The summed E-state index contributed by atoms with van der Waals surface area (Å²) in [7, 11) is 0. The van der Waals surface area contributed by atoms with Crippen LogP contribution in [-0.2, 0) is 0 Å². The average molecular weight is 997 g/mol. The summed E-state index contributed by atoms with van der Waals surface area (Å²) >= 11 is 0. The van der Waals surface area contributed by atoms with Crippen molar-refractivity contribution in [1.29, 1.82) is 0 Å². The van der Waals surface area contributed by atoms with Gasteiger partial charge in [0.2, 0.25) is 0 Å². The largest absolute Gasteiger partial charge is 0.456 e.